The molecule has 0 aromatic heterocycles. The lowest BCUT2D eigenvalue weighted by atomic mass is 10.1. The van der Waals surface area contributed by atoms with E-state index >= 15 is 0 Å². The van der Waals surface area contributed by atoms with Crippen molar-refractivity contribution in [2.24, 2.45) is 5.73 Å². The van der Waals surface area contributed by atoms with Crippen LogP contribution in [0.1, 0.15) is 44.2 Å². The molecule has 3 heteroatoms. The molecule has 106 valence electrons. The van der Waals surface area contributed by atoms with Crippen LogP contribution < -0.4 is 5.73 Å². The van der Waals surface area contributed by atoms with Crippen LogP contribution in [0.3, 0.4) is 0 Å². The molecule has 3 nitrogen and oxygen atoms in total. The molecule has 0 fully saturated rings. The number of carbonyl (C=O) groups excluding carboxylic acids is 1. The molecule has 1 amide bonds. The molecule has 2 N–H and O–H groups in total. The van der Waals surface area contributed by atoms with Gasteiger partial charge in [-0.2, -0.15) is 0 Å². The summed E-state index contributed by atoms with van der Waals surface area (Å²) >= 11 is 0. The maximum absolute atomic E-state index is 12.1. The number of nitrogens with two attached hydrogens (primary N) is 1. The highest BCUT2D eigenvalue weighted by Crippen LogP contribution is 2.10. The van der Waals surface area contributed by atoms with Gasteiger partial charge in [-0.05, 0) is 39.2 Å². The molecule has 1 unspecified atom stereocenters. The third-order valence-electron chi connectivity index (χ3n) is 3.24. The Morgan fingerprint density at radius 3 is 2.74 bits per heavy atom. The Bertz CT molecular complexity index is 401. The lowest BCUT2D eigenvalue weighted by Crippen LogP contribution is -2.30. The van der Waals surface area contributed by atoms with Crippen LogP contribution in [0.5, 0.6) is 0 Å². The molecule has 0 radical (unpaired) electrons. The van der Waals surface area contributed by atoms with Gasteiger partial charge in [-0.25, -0.2) is 0 Å². The molecule has 0 bridgehead atoms. The fourth-order valence-electron chi connectivity index (χ4n) is 2.14. The maximum Gasteiger partial charge on any atom is 0.222 e. The molecule has 0 aliphatic carbocycles. The van der Waals surface area contributed by atoms with Crippen molar-refractivity contribution in [3.63, 3.8) is 0 Å². The first-order valence-corrected chi connectivity index (χ1v) is 7.11. The number of carbonyl (C=O) groups is 1. The topological polar surface area (TPSA) is 46.3 Å². The largest absolute Gasteiger partial charge is 0.339 e. The highest BCUT2D eigenvalue weighted by molar-refractivity contribution is 5.76. The van der Waals surface area contributed by atoms with Gasteiger partial charge < -0.3 is 10.6 Å². The Morgan fingerprint density at radius 1 is 1.42 bits per heavy atom. The van der Waals surface area contributed by atoms with Crippen LogP contribution in [0.2, 0.25) is 0 Å². The van der Waals surface area contributed by atoms with Gasteiger partial charge in [0.05, 0.1) is 0 Å². The van der Waals surface area contributed by atoms with Gasteiger partial charge in [0, 0.05) is 25.6 Å². The number of rotatable bonds is 7. The van der Waals surface area contributed by atoms with Crippen LogP contribution in [0.25, 0.3) is 0 Å². The van der Waals surface area contributed by atoms with E-state index < -0.39 is 0 Å². The van der Waals surface area contributed by atoms with E-state index in [1.54, 1.807) is 0 Å². The molecule has 0 spiro atoms. The van der Waals surface area contributed by atoms with Crippen LogP contribution in [0.4, 0.5) is 0 Å². The van der Waals surface area contributed by atoms with Crippen molar-refractivity contribution >= 4 is 5.91 Å². The van der Waals surface area contributed by atoms with Gasteiger partial charge in [-0.1, -0.05) is 29.8 Å². The zero-order valence-corrected chi connectivity index (χ0v) is 12.4. The lowest BCUT2D eigenvalue weighted by molar-refractivity contribution is -0.131. The summed E-state index contributed by atoms with van der Waals surface area (Å²) in [4.78, 5) is 14.0. The first-order valence-electron chi connectivity index (χ1n) is 7.11. The van der Waals surface area contributed by atoms with E-state index in [9.17, 15) is 4.79 Å². The van der Waals surface area contributed by atoms with E-state index in [1.165, 1.54) is 11.1 Å². The van der Waals surface area contributed by atoms with E-state index in [4.69, 9.17) is 5.73 Å². The summed E-state index contributed by atoms with van der Waals surface area (Å²) in [5.41, 5.74) is 8.13. The predicted octanol–water partition coefficient (Wildman–Crippen LogP) is 2.86. The van der Waals surface area contributed by atoms with Crippen molar-refractivity contribution in [2.75, 3.05) is 6.54 Å². The average Bonchev–Trinajstić information content (AvgIpc) is 2.35. The number of nitrogens with zero attached hydrogens (tertiary/aromatic N) is 1. The van der Waals surface area contributed by atoms with Crippen LogP contribution in [-0.2, 0) is 11.3 Å². The van der Waals surface area contributed by atoms with Gasteiger partial charge in [0.1, 0.15) is 0 Å². The molecule has 1 rings (SSSR count). The Balaban J connectivity index is 2.50. The van der Waals surface area contributed by atoms with Crippen molar-refractivity contribution in [1.82, 2.24) is 4.90 Å². The standard InChI is InChI=1S/C16H26N2O/c1-4-18(16(19)10-6-8-14(3)17)12-15-9-5-7-13(2)11-15/h5,7,9,11,14H,4,6,8,10,12,17H2,1-3H3. The monoisotopic (exact) mass is 262 g/mol. The molecule has 0 aliphatic heterocycles. The van der Waals surface area contributed by atoms with E-state index in [-0.39, 0.29) is 11.9 Å². The molecule has 1 aromatic carbocycles. The number of amides is 1. The normalized spacial score (nSPS) is 12.2. The highest BCUT2D eigenvalue weighted by Gasteiger charge is 2.12. The van der Waals surface area contributed by atoms with Gasteiger partial charge in [-0.3, -0.25) is 4.79 Å². The number of hydrogen-bond acceptors (Lipinski definition) is 2. The summed E-state index contributed by atoms with van der Waals surface area (Å²) in [5.74, 6) is 0.227. The van der Waals surface area contributed by atoms with Gasteiger partial charge in [0.2, 0.25) is 5.91 Å². The Hall–Kier alpha value is -1.35. The Morgan fingerprint density at radius 2 is 2.16 bits per heavy atom. The molecular weight excluding hydrogens is 236 g/mol. The Kier molecular flexibility index (Phi) is 6.57. The smallest absolute Gasteiger partial charge is 0.222 e. The molecule has 0 aliphatic rings. The SMILES string of the molecule is CCN(Cc1cccc(C)c1)C(=O)CCCC(C)N. The average molecular weight is 262 g/mol. The molecular formula is C16H26N2O. The molecule has 0 saturated carbocycles. The second-order valence-electron chi connectivity index (χ2n) is 5.27. The zero-order valence-electron chi connectivity index (χ0n) is 12.4. The number of benzene rings is 1. The first-order chi connectivity index (χ1) is 9.02. The summed E-state index contributed by atoms with van der Waals surface area (Å²) < 4.78 is 0. The minimum absolute atomic E-state index is 0.180. The second kappa shape index (κ2) is 7.95. The van der Waals surface area contributed by atoms with Gasteiger partial charge in [0.25, 0.3) is 0 Å². The fraction of sp³-hybridized carbons (Fsp3) is 0.562. The van der Waals surface area contributed by atoms with Crippen molar-refractivity contribution < 1.29 is 4.79 Å². The minimum atomic E-state index is 0.180. The van der Waals surface area contributed by atoms with Crippen LogP contribution >= 0.6 is 0 Å². The number of hydrogen-bond donors (Lipinski definition) is 1. The van der Waals surface area contributed by atoms with E-state index in [0.717, 1.165) is 19.4 Å². The van der Waals surface area contributed by atoms with Crippen molar-refractivity contribution in [3.05, 3.63) is 35.4 Å². The summed E-state index contributed by atoms with van der Waals surface area (Å²) in [6.07, 6.45) is 2.38. The quantitative estimate of drug-likeness (QED) is 0.821. The second-order valence-corrected chi connectivity index (χ2v) is 5.27. The van der Waals surface area contributed by atoms with Crippen LogP contribution in [0, 0.1) is 6.92 Å². The van der Waals surface area contributed by atoms with Crippen molar-refractivity contribution in [1.29, 1.82) is 0 Å². The zero-order chi connectivity index (χ0) is 14.3. The molecule has 0 saturated heterocycles. The Labute approximate surface area is 116 Å². The maximum atomic E-state index is 12.1. The summed E-state index contributed by atoms with van der Waals surface area (Å²) in [6, 6.07) is 8.51. The van der Waals surface area contributed by atoms with Crippen LogP contribution in [0.15, 0.2) is 24.3 Å². The van der Waals surface area contributed by atoms with Gasteiger partial charge in [0.15, 0.2) is 0 Å². The summed E-state index contributed by atoms with van der Waals surface area (Å²) in [6.45, 7) is 7.54. The molecule has 19 heavy (non-hydrogen) atoms. The van der Waals surface area contributed by atoms with Crippen molar-refractivity contribution in [2.45, 2.75) is 52.6 Å². The van der Waals surface area contributed by atoms with Crippen molar-refractivity contribution in [3.8, 4) is 0 Å². The third kappa shape index (κ3) is 5.88. The third-order valence-corrected chi connectivity index (χ3v) is 3.24. The summed E-state index contributed by atoms with van der Waals surface area (Å²) in [7, 11) is 0. The predicted molar refractivity (Wildman–Crippen MR) is 79.8 cm³/mol. The minimum Gasteiger partial charge on any atom is -0.339 e. The molecule has 0 heterocycles. The lowest BCUT2D eigenvalue weighted by Gasteiger charge is -2.21. The van der Waals surface area contributed by atoms with Gasteiger partial charge >= 0.3 is 0 Å². The van der Waals surface area contributed by atoms with E-state index in [1.807, 2.05) is 24.8 Å². The summed E-state index contributed by atoms with van der Waals surface area (Å²) in [5, 5.41) is 0. The first kappa shape index (κ1) is 15.7. The fourth-order valence-corrected chi connectivity index (χ4v) is 2.14. The van der Waals surface area contributed by atoms with Crippen LogP contribution in [-0.4, -0.2) is 23.4 Å². The molecule has 1 atom stereocenters. The number of aryl methyl sites for hydroxylation is 1. The highest BCUT2D eigenvalue weighted by atomic mass is 16.2. The van der Waals surface area contributed by atoms with Gasteiger partial charge in [-0.15, -0.1) is 0 Å². The molecule has 1 aromatic rings. The van der Waals surface area contributed by atoms with E-state index in [0.29, 0.717) is 13.0 Å². The van der Waals surface area contributed by atoms with E-state index in [2.05, 4.69) is 25.1 Å².